The van der Waals surface area contributed by atoms with E-state index in [4.69, 9.17) is 5.73 Å². The molecule has 2 heterocycles. The zero-order valence-corrected chi connectivity index (χ0v) is 7.79. The number of aromatic amines is 1. The number of thiophene rings is 1. The molecule has 0 fully saturated rings. The third-order valence-corrected chi connectivity index (χ3v) is 2.71. The number of aromatic nitrogens is 3. The first kappa shape index (κ1) is 8.40. The Labute approximate surface area is 79.8 Å². The molecule has 0 aliphatic rings. The van der Waals surface area contributed by atoms with Crippen molar-refractivity contribution >= 4 is 11.3 Å². The molecule has 0 bridgehead atoms. The number of rotatable bonds is 3. The summed E-state index contributed by atoms with van der Waals surface area (Å²) in [5, 5.41) is 12.3. The number of hydrogen-bond donors (Lipinski definition) is 2. The van der Waals surface area contributed by atoms with Gasteiger partial charge in [-0.3, -0.25) is 0 Å². The van der Waals surface area contributed by atoms with E-state index in [-0.39, 0.29) is 6.04 Å². The Hall–Kier alpha value is -1.20. The van der Waals surface area contributed by atoms with Crippen LogP contribution in [0.1, 0.15) is 16.6 Å². The van der Waals surface area contributed by atoms with Crippen LogP contribution in [0.3, 0.4) is 0 Å². The number of hydrogen-bond acceptors (Lipinski definition) is 4. The predicted octanol–water partition coefficient (Wildman–Crippen LogP) is 1.11. The van der Waals surface area contributed by atoms with Crippen LogP contribution in [0.15, 0.2) is 23.7 Å². The molecule has 1 atom stereocenters. The van der Waals surface area contributed by atoms with Gasteiger partial charge in [-0.2, -0.15) is 15.4 Å². The largest absolute Gasteiger partial charge is 0.322 e. The fourth-order valence-corrected chi connectivity index (χ4v) is 1.90. The van der Waals surface area contributed by atoms with Gasteiger partial charge in [0.15, 0.2) is 0 Å². The summed E-state index contributed by atoms with van der Waals surface area (Å²) in [6.07, 6.45) is 2.49. The highest BCUT2D eigenvalue weighted by Gasteiger charge is 2.09. The molecular weight excluding hydrogens is 184 g/mol. The molecule has 0 spiro atoms. The Balaban J connectivity index is 2.04. The summed E-state index contributed by atoms with van der Waals surface area (Å²) in [6, 6.07) is 4.04. The summed E-state index contributed by atoms with van der Waals surface area (Å²) in [5.74, 6) is 0. The molecule has 4 nitrogen and oxygen atoms in total. The maximum absolute atomic E-state index is 5.91. The standard InChI is InChI=1S/C8H10N4S/c9-7(8-5-10-12-11-8)4-6-2-1-3-13-6/h1-3,5,7H,4,9H2,(H,10,11,12). The van der Waals surface area contributed by atoms with E-state index in [2.05, 4.69) is 21.5 Å². The Morgan fingerprint density at radius 1 is 1.62 bits per heavy atom. The number of nitrogens with one attached hydrogen (secondary N) is 1. The minimum absolute atomic E-state index is 0.0580. The van der Waals surface area contributed by atoms with Crippen molar-refractivity contribution in [2.45, 2.75) is 12.5 Å². The third-order valence-electron chi connectivity index (χ3n) is 1.81. The summed E-state index contributed by atoms with van der Waals surface area (Å²) < 4.78 is 0. The molecule has 13 heavy (non-hydrogen) atoms. The van der Waals surface area contributed by atoms with Crippen molar-refractivity contribution < 1.29 is 0 Å². The molecule has 0 aliphatic heterocycles. The first-order valence-corrected chi connectivity index (χ1v) is 4.88. The van der Waals surface area contributed by atoms with Crippen LogP contribution in [-0.2, 0) is 6.42 Å². The minimum Gasteiger partial charge on any atom is -0.322 e. The molecule has 0 aliphatic carbocycles. The quantitative estimate of drug-likeness (QED) is 0.769. The molecule has 1 unspecified atom stereocenters. The van der Waals surface area contributed by atoms with Crippen LogP contribution in [0.5, 0.6) is 0 Å². The van der Waals surface area contributed by atoms with Gasteiger partial charge in [0.2, 0.25) is 0 Å². The molecule has 0 radical (unpaired) electrons. The molecule has 68 valence electrons. The third kappa shape index (κ3) is 1.93. The molecule has 0 aromatic carbocycles. The fraction of sp³-hybridized carbons (Fsp3) is 0.250. The average Bonchev–Trinajstić information content (AvgIpc) is 2.74. The van der Waals surface area contributed by atoms with E-state index in [1.165, 1.54) is 4.88 Å². The van der Waals surface area contributed by atoms with Gasteiger partial charge in [0.25, 0.3) is 0 Å². The highest BCUT2D eigenvalue weighted by Crippen LogP contribution is 2.16. The van der Waals surface area contributed by atoms with Crippen molar-refractivity contribution in [3.63, 3.8) is 0 Å². The van der Waals surface area contributed by atoms with E-state index in [9.17, 15) is 0 Å². The zero-order valence-electron chi connectivity index (χ0n) is 6.97. The maximum Gasteiger partial charge on any atom is 0.0995 e. The molecule has 5 heteroatoms. The van der Waals surface area contributed by atoms with Crippen molar-refractivity contribution in [1.82, 2.24) is 15.4 Å². The molecule has 2 rings (SSSR count). The SMILES string of the molecule is NC(Cc1cccs1)c1cn[nH]n1. The van der Waals surface area contributed by atoms with E-state index >= 15 is 0 Å². The molecule has 3 N–H and O–H groups in total. The van der Waals surface area contributed by atoms with Gasteiger partial charge in [-0.05, 0) is 11.4 Å². The predicted molar refractivity (Wildman–Crippen MR) is 51.3 cm³/mol. The highest BCUT2D eigenvalue weighted by molar-refractivity contribution is 7.09. The Bertz CT molecular complexity index is 340. The van der Waals surface area contributed by atoms with Crippen LogP contribution in [0, 0.1) is 0 Å². The molecular formula is C8H10N4S. The first-order valence-electron chi connectivity index (χ1n) is 4.00. The first-order chi connectivity index (χ1) is 6.36. The van der Waals surface area contributed by atoms with Crippen molar-refractivity contribution in [1.29, 1.82) is 0 Å². The minimum atomic E-state index is -0.0580. The highest BCUT2D eigenvalue weighted by atomic mass is 32.1. The van der Waals surface area contributed by atoms with E-state index in [0.29, 0.717) is 0 Å². The van der Waals surface area contributed by atoms with Crippen LogP contribution in [0.4, 0.5) is 0 Å². The van der Waals surface area contributed by atoms with Crippen molar-refractivity contribution in [3.05, 3.63) is 34.3 Å². The second-order valence-corrected chi connectivity index (χ2v) is 3.82. The molecule has 2 aromatic heterocycles. The van der Waals surface area contributed by atoms with Gasteiger partial charge in [-0.25, -0.2) is 0 Å². The summed E-state index contributed by atoms with van der Waals surface area (Å²) in [7, 11) is 0. The lowest BCUT2D eigenvalue weighted by Gasteiger charge is -2.04. The van der Waals surface area contributed by atoms with Gasteiger partial charge < -0.3 is 5.73 Å². The van der Waals surface area contributed by atoms with Gasteiger partial charge in [-0.1, -0.05) is 6.07 Å². The lowest BCUT2D eigenvalue weighted by molar-refractivity contribution is 0.698. The second-order valence-electron chi connectivity index (χ2n) is 2.78. The van der Waals surface area contributed by atoms with Crippen molar-refractivity contribution in [3.8, 4) is 0 Å². The van der Waals surface area contributed by atoms with Crippen LogP contribution in [-0.4, -0.2) is 15.4 Å². The maximum atomic E-state index is 5.91. The topological polar surface area (TPSA) is 67.6 Å². The van der Waals surface area contributed by atoms with E-state index in [1.807, 2.05) is 11.4 Å². The summed E-state index contributed by atoms with van der Waals surface area (Å²) in [6.45, 7) is 0. The molecule has 0 saturated heterocycles. The Morgan fingerprint density at radius 3 is 3.15 bits per heavy atom. The number of nitrogens with zero attached hydrogens (tertiary/aromatic N) is 2. The molecule has 2 aromatic rings. The molecule has 0 saturated carbocycles. The second kappa shape index (κ2) is 3.68. The van der Waals surface area contributed by atoms with Gasteiger partial charge in [-0.15, -0.1) is 11.3 Å². The normalized spacial score (nSPS) is 13.0. The van der Waals surface area contributed by atoms with Crippen molar-refractivity contribution in [2.24, 2.45) is 5.73 Å². The van der Waals surface area contributed by atoms with E-state index in [0.717, 1.165) is 12.1 Å². The fourth-order valence-electron chi connectivity index (χ4n) is 1.14. The summed E-state index contributed by atoms with van der Waals surface area (Å²) in [5.41, 5.74) is 6.73. The lowest BCUT2D eigenvalue weighted by atomic mass is 10.1. The summed E-state index contributed by atoms with van der Waals surface area (Å²) >= 11 is 1.71. The van der Waals surface area contributed by atoms with E-state index < -0.39 is 0 Å². The van der Waals surface area contributed by atoms with Gasteiger partial charge >= 0.3 is 0 Å². The van der Waals surface area contributed by atoms with Gasteiger partial charge in [0.1, 0.15) is 0 Å². The zero-order chi connectivity index (χ0) is 9.10. The molecule has 0 amide bonds. The number of H-pyrrole nitrogens is 1. The Kier molecular flexibility index (Phi) is 2.37. The van der Waals surface area contributed by atoms with Crippen LogP contribution < -0.4 is 5.73 Å². The van der Waals surface area contributed by atoms with E-state index in [1.54, 1.807) is 17.5 Å². The average molecular weight is 194 g/mol. The van der Waals surface area contributed by atoms with Gasteiger partial charge in [0, 0.05) is 11.3 Å². The summed E-state index contributed by atoms with van der Waals surface area (Å²) in [4.78, 5) is 1.27. The van der Waals surface area contributed by atoms with Crippen LogP contribution >= 0.6 is 11.3 Å². The Morgan fingerprint density at radius 2 is 2.54 bits per heavy atom. The van der Waals surface area contributed by atoms with Crippen LogP contribution in [0.2, 0.25) is 0 Å². The van der Waals surface area contributed by atoms with Crippen molar-refractivity contribution in [2.75, 3.05) is 0 Å². The van der Waals surface area contributed by atoms with Crippen LogP contribution in [0.25, 0.3) is 0 Å². The van der Waals surface area contributed by atoms with Gasteiger partial charge in [0.05, 0.1) is 17.9 Å². The monoisotopic (exact) mass is 194 g/mol. The lowest BCUT2D eigenvalue weighted by Crippen LogP contribution is -2.13. The smallest absolute Gasteiger partial charge is 0.0995 e. The number of nitrogens with two attached hydrogens (primary N) is 1.